The van der Waals surface area contributed by atoms with E-state index in [1.54, 1.807) is 14.2 Å². The van der Waals surface area contributed by atoms with Crippen molar-refractivity contribution in [3.8, 4) is 23.0 Å². The van der Waals surface area contributed by atoms with E-state index in [0.29, 0.717) is 23.9 Å². The van der Waals surface area contributed by atoms with Gasteiger partial charge in [-0.3, -0.25) is 4.79 Å². The van der Waals surface area contributed by atoms with Gasteiger partial charge in [0.25, 0.3) is 0 Å². The number of carbonyl (C=O) groups is 1. The molecule has 0 amide bonds. The lowest BCUT2D eigenvalue weighted by Gasteiger charge is -2.34. The summed E-state index contributed by atoms with van der Waals surface area (Å²) in [6.45, 7) is 0.654. The topological polar surface area (TPSA) is 63.2 Å². The number of cyclic esters (lactones) is 1. The summed E-state index contributed by atoms with van der Waals surface area (Å²) in [6.07, 6.45) is 0.774. The van der Waals surface area contributed by atoms with Gasteiger partial charge in [-0.25, -0.2) is 0 Å². The number of hydrogen-bond donors (Lipinski definition) is 0. The molecular weight excluding hydrogens is 348 g/mol. The van der Waals surface area contributed by atoms with Gasteiger partial charge < -0.3 is 23.7 Å². The largest absolute Gasteiger partial charge is 0.496 e. The Balaban J connectivity index is 1.76. The van der Waals surface area contributed by atoms with Crippen molar-refractivity contribution in [1.82, 2.24) is 0 Å². The quantitative estimate of drug-likeness (QED) is 0.777. The molecule has 1 aliphatic carbocycles. The predicted molar refractivity (Wildman–Crippen MR) is 95.6 cm³/mol. The number of benzene rings is 2. The Labute approximate surface area is 156 Å². The summed E-state index contributed by atoms with van der Waals surface area (Å²) in [5.74, 6) is 2.30. The number of rotatable bonds is 3. The molecule has 0 bridgehead atoms. The minimum atomic E-state index is -0.275. The van der Waals surface area contributed by atoms with Crippen molar-refractivity contribution in [2.24, 2.45) is 11.8 Å². The van der Waals surface area contributed by atoms with Crippen LogP contribution in [0.4, 0.5) is 0 Å². The molecule has 3 aliphatic rings. The lowest BCUT2D eigenvalue weighted by molar-refractivity contribution is -0.141. The van der Waals surface area contributed by atoms with Crippen LogP contribution in [0, 0.1) is 11.8 Å². The van der Waals surface area contributed by atoms with Crippen LogP contribution in [0.5, 0.6) is 23.0 Å². The second-order valence-corrected chi connectivity index (χ2v) is 7.08. The number of esters is 1. The zero-order valence-electron chi connectivity index (χ0n) is 15.2. The van der Waals surface area contributed by atoms with Gasteiger partial charge in [0.15, 0.2) is 11.5 Å². The molecule has 6 heteroatoms. The third-order valence-corrected chi connectivity index (χ3v) is 5.81. The lowest BCUT2D eigenvalue weighted by Crippen LogP contribution is -2.32. The van der Waals surface area contributed by atoms with Crippen LogP contribution in [0.2, 0.25) is 0 Å². The van der Waals surface area contributed by atoms with Crippen LogP contribution in [-0.2, 0) is 16.0 Å². The molecule has 5 rings (SSSR count). The summed E-state index contributed by atoms with van der Waals surface area (Å²) in [5, 5.41) is 0. The first-order valence-corrected chi connectivity index (χ1v) is 9.01. The Morgan fingerprint density at radius 3 is 2.41 bits per heavy atom. The predicted octanol–water partition coefficient (Wildman–Crippen LogP) is 2.91. The number of ether oxygens (including phenoxy) is 5. The van der Waals surface area contributed by atoms with E-state index in [9.17, 15) is 4.79 Å². The Hall–Kier alpha value is -2.89. The highest BCUT2D eigenvalue weighted by molar-refractivity contribution is 5.79. The van der Waals surface area contributed by atoms with Gasteiger partial charge in [0.1, 0.15) is 11.5 Å². The van der Waals surface area contributed by atoms with Crippen molar-refractivity contribution < 1.29 is 28.5 Å². The van der Waals surface area contributed by atoms with Gasteiger partial charge in [-0.05, 0) is 41.8 Å². The summed E-state index contributed by atoms with van der Waals surface area (Å²) in [6, 6.07) is 9.71. The number of methoxy groups -OCH3 is 2. The molecule has 0 aromatic heterocycles. The Morgan fingerprint density at radius 2 is 1.70 bits per heavy atom. The van der Waals surface area contributed by atoms with Gasteiger partial charge in [0, 0.05) is 17.4 Å². The molecule has 2 aromatic rings. The molecule has 0 N–H and O–H groups in total. The van der Waals surface area contributed by atoms with Gasteiger partial charge in [-0.1, -0.05) is 6.07 Å². The molecule has 1 saturated heterocycles. The second kappa shape index (κ2) is 6.08. The molecule has 6 nitrogen and oxygen atoms in total. The van der Waals surface area contributed by atoms with Crippen molar-refractivity contribution in [3.05, 3.63) is 47.0 Å². The van der Waals surface area contributed by atoms with E-state index in [1.807, 2.05) is 30.3 Å². The SMILES string of the molecule is COc1cccc(OC)c1[C@H]1c2cc3c(cc2C[C@H]2COC(=O)[C@@H]21)OCO3. The van der Waals surface area contributed by atoms with Crippen molar-refractivity contribution in [3.63, 3.8) is 0 Å². The molecule has 2 heterocycles. The normalized spacial score (nSPS) is 24.8. The van der Waals surface area contributed by atoms with Crippen LogP contribution in [0.3, 0.4) is 0 Å². The number of hydrogen-bond acceptors (Lipinski definition) is 6. The first kappa shape index (κ1) is 16.3. The molecule has 27 heavy (non-hydrogen) atoms. The van der Waals surface area contributed by atoms with Crippen molar-refractivity contribution in [2.75, 3.05) is 27.6 Å². The fraction of sp³-hybridized carbons (Fsp3) is 0.381. The lowest BCUT2D eigenvalue weighted by atomic mass is 9.67. The molecule has 0 radical (unpaired) electrons. The summed E-state index contributed by atoms with van der Waals surface area (Å²) in [5.41, 5.74) is 3.06. The number of carbonyl (C=O) groups excluding carboxylic acids is 1. The average Bonchev–Trinajstić information content (AvgIpc) is 3.30. The van der Waals surface area contributed by atoms with Crippen LogP contribution in [0.25, 0.3) is 0 Å². The highest BCUT2D eigenvalue weighted by Crippen LogP contribution is 2.53. The van der Waals surface area contributed by atoms with Crippen LogP contribution >= 0.6 is 0 Å². The maximum atomic E-state index is 12.7. The Morgan fingerprint density at radius 1 is 1.00 bits per heavy atom. The fourth-order valence-electron chi connectivity index (χ4n) is 4.64. The first-order chi connectivity index (χ1) is 13.2. The van der Waals surface area contributed by atoms with Gasteiger partial charge in [0.05, 0.1) is 26.7 Å². The van der Waals surface area contributed by atoms with Crippen LogP contribution < -0.4 is 18.9 Å². The van der Waals surface area contributed by atoms with E-state index in [-0.39, 0.29) is 30.5 Å². The molecule has 140 valence electrons. The summed E-state index contributed by atoms with van der Waals surface area (Å²) >= 11 is 0. The number of fused-ring (bicyclic) bond motifs is 3. The van der Waals surface area contributed by atoms with Gasteiger partial charge in [-0.2, -0.15) is 0 Å². The smallest absolute Gasteiger partial charge is 0.310 e. The molecular formula is C21H20O6. The van der Waals surface area contributed by atoms with E-state index >= 15 is 0 Å². The highest BCUT2D eigenvalue weighted by Gasteiger charge is 2.49. The molecule has 0 saturated carbocycles. The molecule has 0 unspecified atom stereocenters. The van der Waals surface area contributed by atoms with E-state index < -0.39 is 0 Å². The van der Waals surface area contributed by atoms with Gasteiger partial charge in [0.2, 0.25) is 6.79 Å². The first-order valence-electron chi connectivity index (χ1n) is 9.01. The minimum absolute atomic E-state index is 0.116. The zero-order valence-corrected chi connectivity index (χ0v) is 15.2. The molecule has 3 atom stereocenters. The van der Waals surface area contributed by atoms with E-state index in [0.717, 1.165) is 28.9 Å². The molecule has 2 aliphatic heterocycles. The summed E-state index contributed by atoms with van der Waals surface area (Å²) in [4.78, 5) is 12.7. The summed E-state index contributed by atoms with van der Waals surface area (Å²) in [7, 11) is 3.26. The monoisotopic (exact) mass is 368 g/mol. The van der Waals surface area contributed by atoms with E-state index in [4.69, 9.17) is 23.7 Å². The molecule has 1 fully saturated rings. The maximum absolute atomic E-state index is 12.7. The van der Waals surface area contributed by atoms with Crippen molar-refractivity contribution in [2.45, 2.75) is 12.3 Å². The standard InChI is InChI=1S/C21H20O6/c1-23-14-4-3-5-15(24-2)20(14)19-13-8-17-16(26-10-27-17)7-11(13)6-12-9-25-21(22)18(12)19/h3-5,7-8,12,18-19H,6,9-10H2,1-2H3/t12-,18-,19-/m0/s1. The zero-order chi connectivity index (χ0) is 18.5. The third-order valence-electron chi connectivity index (χ3n) is 5.81. The highest BCUT2D eigenvalue weighted by atomic mass is 16.7. The van der Waals surface area contributed by atoms with Crippen molar-refractivity contribution >= 4 is 5.97 Å². The second-order valence-electron chi connectivity index (χ2n) is 7.08. The summed E-state index contributed by atoms with van der Waals surface area (Å²) < 4.78 is 27.9. The Kier molecular flexibility index (Phi) is 3.67. The third kappa shape index (κ3) is 2.36. The Bertz CT molecular complexity index is 899. The van der Waals surface area contributed by atoms with Gasteiger partial charge >= 0.3 is 5.97 Å². The van der Waals surface area contributed by atoms with Crippen LogP contribution in [0.15, 0.2) is 30.3 Å². The molecule has 0 spiro atoms. The van der Waals surface area contributed by atoms with Gasteiger partial charge in [-0.15, -0.1) is 0 Å². The van der Waals surface area contributed by atoms with Crippen LogP contribution in [-0.4, -0.2) is 33.6 Å². The van der Waals surface area contributed by atoms with Crippen LogP contribution in [0.1, 0.15) is 22.6 Å². The maximum Gasteiger partial charge on any atom is 0.310 e. The minimum Gasteiger partial charge on any atom is -0.496 e. The van der Waals surface area contributed by atoms with E-state index in [1.165, 1.54) is 0 Å². The fourth-order valence-corrected chi connectivity index (χ4v) is 4.64. The average molecular weight is 368 g/mol. The van der Waals surface area contributed by atoms with E-state index in [2.05, 4.69) is 0 Å². The molecule has 2 aromatic carbocycles. The van der Waals surface area contributed by atoms with Crippen molar-refractivity contribution in [1.29, 1.82) is 0 Å².